The number of rotatable bonds is 2. The van der Waals surface area contributed by atoms with E-state index in [1.54, 1.807) is 0 Å². The van der Waals surface area contributed by atoms with Gasteiger partial charge >= 0.3 is 0 Å². The quantitative estimate of drug-likeness (QED) is 0.903. The van der Waals surface area contributed by atoms with E-state index in [4.69, 9.17) is 4.52 Å². The molecule has 1 fully saturated rings. The van der Waals surface area contributed by atoms with Crippen LogP contribution in [0.2, 0.25) is 0 Å². The Bertz CT molecular complexity index is 607. The van der Waals surface area contributed by atoms with Crippen LogP contribution in [-0.2, 0) is 6.42 Å². The van der Waals surface area contributed by atoms with Crippen LogP contribution in [-0.4, -0.2) is 48.3 Å². The van der Waals surface area contributed by atoms with Crippen LogP contribution >= 0.6 is 0 Å². The van der Waals surface area contributed by atoms with Gasteiger partial charge in [-0.1, -0.05) is 18.2 Å². The first-order chi connectivity index (χ1) is 10.3. The molecule has 4 rings (SSSR count). The summed E-state index contributed by atoms with van der Waals surface area (Å²) in [4.78, 5) is 9.09. The van der Waals surface area contributed by atoms with Gasteiger partial charge in [-0.15, -0.1) is 0 Å². The predicted molar refractivity (Wildman–Crippen MR) is 80.5 cm³/mol. The topological polar surface area (TPSA) is 57.4 Å². The Labute approximate surface area is 123 Å². The summed E-state index contributed by atoms with van der Waals surface area (Å²) in [5.41, 5.74) is 2.48. The fraction of sp³-hybridized carbons (Fsp3) is 0.467. The van der Waals surface area contributed by atoms with Crippen LogP contribution in [0.15, 0.2) is 28.8 Å². The van der Waals surface area contributed by atoms with Gasteiger partial charge in [0.15, 0.2) is 0 Å². The highest BCUT2D eigenvalue weighted by Crippen LogP contribution is 2.33. The van der Waals surface area contributed by atoms with E-state index < -0.39 is 0 Å². The van der Waals surface area contributed by atoms with Gasteiger partial charge in [0.1, 0.15) is 6.04 Å². The van der Waals surface area contributed by atoms with Gasteiger partial charge in [-0.05, 0) is 23.8 Å². The third kappa shape index (κ3) is 2.35. The Morgan fingerprint density at radius 3 is 2.81 bits per heavy atom. The number of fused-ring (bicyclic) bond motifs is 1. The Kier molecular flexibility index (Phi) is 3.03. The number of piperazine rings is 1. The molecule has 0 radical (unpaired) electrons. The lowest BCUT2D eigenvalue weighted by atomic mass is 10.1. The van der Waals surface area contributed by atoms with E-state index in [-0.39, 0.29) is 6.04 Å². The van der Waals surface area contributed by atoms with E-state index in [1.807, 2.05) is 6.07 Å². The fourth-order valence-electron chi connectivity index (χ4n) is 2.95. The molecule has 0 aliphatic carbocycles. The molecule has 0 amide bonds. The monoisotopic (exact) mass is 285 g/mol. The molecule has 3 heterocycles. The molecule has 1 atom stereocenters. The number of anilines is 2. The van der Waals surface area contributed by atoms with Gasteiger partial charge in [0, 0.05) is 38.3 Å². The molecule has 1 aromatic heterocycles. The second-order valence-electron chi connectivity index (χ2n) is 5.78. The van der Waals surface area contributed by atoms with Crippen LogP contribution < -0.4 is 10.2 Å². The lowest BCUT2D eigenvalue weighted by Gasteiger charge is -2.31. The SMILES string of the molecule is CN1CCN(c2noc([C@@H]3Cc4ccccc4N3)n2)CC1. The fourth-order valence-corrected chi connectivity index (χ4v) is 2.95. The Balaban J connectivity index is 1.49. The van der Waals surface area contributed by atoms with Gasteiger partial charge in [0.2, 0.25) is 0 Å². The lowest BCUT2D eigenvalue weighted by Crippen LogP contribution is -2.44. The number of para-hydroxylation sites is 1. The lowest BCUT2D eigenvalue weighted by molar-refractivity contribution is 0.308. The van der Waals surface area contributed by atoms with Crippen LogP contribution in [0.5, 0.6) is 0 Å². The van der Waals surface area contributed by atoms with Crippen molar-refractivity contribution in [2.24, 2.45) is 0 Å². The first kappa shape index (κ1) is 12.6. The van der Waals surface area contributed by atoms with Crippen molar-refractivity contribution < 1.29 is 4.52 Å². The zero-order chi connectivity index (χ0) is 14.2. The van der Waals surface area contributed by atoms with Crippen molar-refractivity contribution in [1.29, 1.82) is 0 Å². The molecule has 0 bridgehead atoms. The van der Waals surface area contributed by atoms with Gasteiger partial charge in [0.05, 0.1) is 0 Å². The highest BCUT2D eigenvalue weighted by molar-refractivity contribution is 5.57. The zero-order valence-electron chi connectivity index (χ0n) is 12.1. The number of nitrogens with one attached hydrogen (secondary N) is 1. The van der Waals surface area contributed by atoms with Crippen LogP contribution in [0.4, 0.5) is 11.6 Å². The van der Waals surface area contributed by atoms with Gasteiger partial charge in [-0.3, -0.25) is 0 Å². The minimum absolute atomic E-state index is 0.0936. The van der Waals surface area contributed by atoms with Gasteiger partial charge in [-0.25, -0.2) is 0 Å². The largest absolute Gasteiger partial charge is 0.373 e. The van der Waals surface area contributed by atoms with E-state index in [0.29, 0.717) is 5.89 Å². The molecule has 2 aliphatic heterocycles. The standard InChI is InChI=1S/C15H19N5O/c1-19-6-8-20(9-7-19)15-17-14(21-18-15)13-10-11-4-2-3-5-12(11)16-13/h2-5,13,16H,6-10H2,1H3/t13-/m0/s1. The molecule has 6 heteroatoms. The van der Waals surface area contributed by atoms with Gasteiger partial charge < -0.3 is 19.6 Å². The van der Waals surface area contributed by atoms with E-state index >= 15 is 0 Å². The summed E-state index contributed by atoms with van der Waals surface area (Å²) in [6.07, 6.45) is 0.903. The van der Waals surface area contributed by atoms with E-state index in [0.717, 1.165) is 38.5 Å². The zero-order valence-corrected chi connectivity index (χ0v) is 12.1. The number of likely N-dealkylation sites (N-methyl/N-ethyl adjacent to an activating group) is 1. The summed E-state index contributed by atoms with van der Waals surface area (Å²) in [5.74, 6) is 1.40. The van der Waals surface area contributed by atoms with Crippen molar-refractivity contribution in [3.8, 4) is 0 Å². The van der Waals surface area contributed by atoms with Crippen LogP contribution in [0.3, 0.4) is 0 Å². The Morgan fingerprint density at radius 2 is 2.00 bits per heavy atom. The molecular weight excluding hydrogens is 266 g/mol. The molecule has 110 valence electrons. The number of nitrogens with zero attached hydrogens (tertiary/aromatic N) is 4. The molecule has 0 saturated carbocycles. The predicted octanol–water partition coefficient (Wildman–Crippen LogP) is 1.53. The van der Waals surface area contributed by atoms with Crippen molar-refractivity contribution in [2.75, 3.05) is 43.4 Å². The highest BCUT2D eigenvalue weighted by atomic mass is 16.5. The Hall–Kier alpha value is -2.08. The molecule has 1 N–H and O–H groups in total. The van der Waals surface area contributed by atoms with Crippen molar-refractivity contribution in [1.82, 2.24) is 15.0 Å². The summed E-state index contributed by atoms with van der Waals surface area (Å²) in [7, 11) is 2.14. The number of benzene rings is 1. The summed E-state index contributed by atoms with van der Waals surface area (Å²) in [5, 5.41) is 7.60. The maximum atomic E-state index is 5.48. The van der Waals surface area contributed by atoms with Crippen LogP contribution in [0, 0.1) is 0 Å². The molecule has 21 heavy (non-hydrogen) atoms. The average Bonchev–Trinajstić information content (AvgIpc) is 3.14. The van der Waals surface area contributed by atoms with Crippen molar-refractivity contribution in [3.63, 3.8) is 0 Å². The number of hydrogen-bond donors (Lipinski definition) is 1. The van der Waals surface area contributed by atoms with Gasteiger partial charge in [0.25, 0.3) is 11.8 Å². The maximum Gasteiger partial charge on any atom is 0.266 e. The van der Waals surface area contributed by atoms with Crippen LogP contribution in [0.25, 0.3) is 0 Å². The minimum Gasteiger partial charge on any atom is -0.373 e. The average molecular weight is 285 g/mol. The number of aromatic nitrogens is 2. The van der Waals surface area contributed by atoms with E-state index in [2.05, 4.69) is 50.5 Å². The molecule has 2 aromatic rings. The molecule has 1 saturated heterocycles. The molecule has 1 aromatic carbocycles. The molecule has 2 aliphatic rings. The smallest absolute Gasteiger partial charge is 0.266 e. The first-order valence-corrected chi connectivity index (χ1v) is 7.41. The molecular formula is C15H19N5O. The summed E-state index contributed by atoms with van der Waals surface area (Å²) in [6, 6.07) is 8.42. The molecule has 0 unspecified atom stereocenters. The second-order valence-corrected chi connectivity index (χ2v) is 5.78. The van der Waals surface area contributed by atoms with Crippen molar-refractivity contribution in [3.05, 3.63) is 35.7 Å². The first-order valence-electron chi connectivity index (χ1n) is 7.41. The van der Waals surface area contributed by atoms with E-state index in [1.165, 1.54) is 11.3 Å². The summed E-state index contributed by atoms with van der Waals surface area (Å²) in [6.45, 7) is 3.98. The van der Waals surface area contributed by atoms with Gasteiger partial charge in [-0.2, -0.15) is 4.98 Å². The normalized spacial score (nSPS) is 22.1. The maximum absolute atomic E-state index is 5.48. The third-order valence-electron chi connectivity index (χ3n) is 4.29. The second kappa shape index (κ2) is 5.04. The van der Waals surface area contributed by atoms with Crippen molar-refractivity contribution >= 4 is 11.6 Å². The minimum atomic E-state index is 0.0936. The molecule has 6 nitrogen and oxygen atoms in total. The van der Waals surface area contributed by atoms with E-state index in [9.17, 15) is 0 Å². The third-order valence-corrected chi connectivity index (χ3v) is 4.29. The van der Waals surface area contributed by atoms with Crippen LogP contribution in [0.1, 0.15) is 17.5 Å². The summed E-state index contributed by atoms with van der Waals surface area (Å²) < 4.78 is 5.48. The highest BCUT2D eigenvalue weighted by Gasteiger charge is 2.28. The van der Waals surface area contributed by atoms with Crippen molar-refractivity contribution in [2.45, 2.75) is 12.5 Å². The number of hydrogen-bond acceptors (Lipinski definition) is 6. The molecule has 0 spiro atoms. The summed E-state index contributed by atoms with van der Waals surface area (Å²) >= 11 is 0. The Morgan fingerprint density at radius 1 is 1.19 bits per heavy atom.